The van der Waals surface area contributed by atoms with E-state index in [1.54, 1.807) is 0 Å². The number of rotatable bonds is 12. The molecule has 6 nitrogen and oxygen atoms in total. The average molecular weight is 453 g/mol. The average Bonchev–Trinajstić information content (AvgIpc) is 3.12. The minimum absolute atomic E-state index is 0.447. The van der Waals surface area contributed by atoms with Gasteiger partial charge in [-0.1, -0.05) is 32.1 Å². The van der Waals surface area contributed by atoms with Gasteiger partial charge >= 0.3 is 5.97 Å². The van der Waals surface area contributed by atoms with E-state index in [0.717, 1.165) is 61.4 Å². The summed E-state index contributed by atoms with van der Waals surface area (Å²) in [4.78, 5) is 18.7. The van der Waals surface area contributed by atoms with Crippen molar-refractivity contribution >= 4 is 12.0 Å². The molecule has 2 aromatic rings. The first-order valence-corrected chi connectivity index (χ1v) is 11.8. The number of carbonyl (C=O) groups is 1. The number of unbranched alkanes of at least 4 members (excludes halogenated alkanes) is 1. The van der Waals surface area contributed by atoms with Gasteiger partial charge in [0.2, 0.25) is 5.89 Å². The van der Waals surface area contributed by atoms with Gasteiger partial charge in [-0.25, -0.2) is 4.98 Å². The number of nitrogens with zero attached hydrogens (tertiary/aromatic N) is 2. The van der Waals surface area contributed by atoms with Crippen LogP contribution in [0.3, 0.4) is 0 Å². The number of aromatic nitrogens is 1. The molecular weight excluding hydrogens is 416 g/mol. The number of fused-ring (bicyclic) bond motifs is 1. The number of oxazole rings is 1. The van der Waals surface area contributed by atoms with Gasteiger partial charge in [0, 0.05) is 13.0 Å². The lowest BCUT2D eigenvalue weighted by Gasteiger charge is -2.35. The summed E-state index contributed by atoms with van der Waals surface area (Å²) in [5.74, 6) is 1.89. The highest BCUT2D eigenvalue weighted by Gasteiger charge is 2.32. The van der Waals surface area contributed by atoms with E-state index in [9.17, 15) is 9.90 Å². The quantitative estimate of drug-likeness (QED) is 0.333. The molecule has 0 bridgehead atoms. The summed E-state index contributed by atoms with van der Waals surface area (Å²) < 4.78 is 11.7. The van der Waals surface area contributed by atoms with Crippen LogP contribution in [0.4, 0.5) is 0 Å². The summed E-state index contributed by atoms with van der Waals surface area (Å²) in [6, 6.07) is 5.19. The van der Waals surface area contributed by atoms with Crippen LogP contribution in [0.15, 0.2) is 41.3 Å². The first kappa shape index (κ1) is 24.8. The van der Waals surface area contributed by atoms with Gasteiger partial charge in [-0.15, -0.1) is 6.58 Å². The fourth-order valence-electron chi connectivity index (χ4n) is 4.16. The number of aliphatic carboxylic acids is 1. The van der Waals surface area contributed by atoms with Crippen LogP contribution in [-0.2, 0) is 17.6 Å². The zero-order chi connectivity index (χ0) is 23.8. The molecule has 0 saturated carbocycles. The highest BCUT2D eigenvalue weighted by Crippen LogP contribution is 2.33. The van der Waals surface area contributed by atoms with Crippen molar-refractivity contribution in [3.8, 4) is 5.75 Å². The number of carboxylic acids is 1. The molecule has 2 heterocycles. The van der Waals surface area contributed by atoms with Crippen molar-refractivity contribution in [1.29, 1.82) is 0 Å². The topological polar surface area (TPSA) is 75.8 Å². The third-order valence-corrected chi connectivity index (χ3v) is 5.92. The second kappa shape index (κ2) is 11.8. The molecule has 0 spiro atoms. The van der Waals surface area contributed by atoms with Crippen molar-refractivity contribution in [3.05, 3.63) is 65.4 Å². The monoisotopic (exact) mass is 452 g/mol. The predicted octanol–water partition coefficient (Wildman–Crippen LogP) is 5.61. The SMILES string of the molecule is C=CCCCN1CCc2ccc(OCCc3nc(/C=C/CC(C)C)oc3C)cc2C1C(=O)O. The zero-order valence-electron chi connectivity index (χ0n) is 20.0. The standard InChI is InChI=1S/C27H36N2O4/c1-5-6-7-15-29-16-13-21-11-12-22(18-23(21)26(29)27(30)31)32-17-14-24-20(4)33-25(28-24)10-8-9-19(2)3/h5,8,10-12,18-19,26H,1,6-7,9,13-17H2,2-4H3,(H,30,31)/b10-8+. The van der Waals surface area contributed by atoms with Crippen LogP contribution in [0.2, 0.25) is 0 Å². The smallest absolute Gasteiger partial charge is 0.325 e. The van der Waals surface area contributed by atoms with E-state index in [-0.39, 0.29) is 0 Å². The predicted molar refractivity (Wildman–Crippen MR) is 130 cm³/mol. The molecule has 0 fully saturated rings. The number of hydrogen-bond donors (Lipinski definition) is 1. The molecule has 0 amide bonds. The number of ether oxygens (including phenoxy) is 1. The minimum atomic E-state index is -0.817. The number of hydrogen-bond acceptors (Lipinski definition) is 5. The van der Waals surface area contributed by atoms with Gasteiger partial charge in [-0.05, 0) is 74.4 Å². The maximum Gasteiger partial charge on any atom is 0.325 e. The van der Waals surface area contributed by atoms with Crippen LogP contribution in [0.1, 0.15) is 67.6 Å². The lowest BCUT2D eigenvalue weighted by molar-refractivity contribution is -0.144. The summed E-state index contributed by atoms with van der Waals surface area (Å²) in [5, 5.41) is 9.93. The maximum absolute atomic E-state index is 12.1. The lowest BCUT2D eigenvalue weighted by atomic mass is 9.92. The van der Waals surface area contributed by atoms with Crippen LogP contribution >= 0.6 is 0 Å². The van der Waals surface area contributed by atoms with Crippen molar-refractivity contribution in [2.24, 2.45) is 5.92 Å². The zero-order valence-corrected chi connectivity index (χ0v) is 20.0. The van der Waals surface area contributed by atoms with E-state index in [2.05, 4.69) is 31.5 Å². The molecule has 33 heavy (non-hydrogen) atoms. The summed E-state index contributed by atoms with van der Waals surface area (Å²) in [6.45, 7) is 12.0. The Morgan fingerprint density at radius 3 is 2.97 bits per heavy atom. The third-order valence-electron chi connectivity index (χ3n) is 5.92. The summed E-state index contributed by atoms with van der Waals surface area (Å²) in [5.41, 5.74) is 2.80. The van der Waals surface area contributed by atoms with Gasteiger partial charge in [0.05, 0.1) is 12.3 Å². The summed E-state index contributed by atoms with van der Waals surface area (Å²) >= 11 is 0. The van der Waals surface area contributed by atoms with Gasteiger partial charge < -0.3 is 14.3 Å². The molecule has 1 aliphatic heterocycles. The van der Waals surface area contributed by atoms with Crippen LogP contribution < -0.4 is 4.74 Å². The first-order valence-electron chi connectivity index (χ1n) is 11.8. The molecule has 0 saturated heterocycles. The second-order valence-corrected chi connectivity index (χ2v) is 9.00. The third kappa shape index (κ3) is 6.81. The van der Waals surface area contributed by atoms with E-state index in [1.165, 1.54) is 0 Å². The molecule has 1 aliphatic rings. The highest BCUT2D eigenvalue weighted by molar-refractivity contribution is 5.77. The molecule has 1 unspecified atom stereocenters. The summed E-state index contributed by atoms with van der Waals surface area (Å²) in [7, 11) is 0. The Hall–Kier alpha value is -2.86. The molecule has 1 aromatic heterocycles. The minimum Gasteiger partial charge on any atom is -0.493 e. The molecule has 6 heteroatoms. The van der Waals surface area contributed by atoms with Crippen molar-refractivity contribution in [1.82, 2.24) is 9.88 Å². The Balaban J connectivity index is 1.63. The van der Waals surface area contributed by atoms with Crippen LogP contribution in [0.5, 0.6) is 5.75 Å². The van der Waals surface area contributed by atoms with Crippen molar-refractivity contribution in [2.75, 3.05) is 19.7 Å². The van der Waals surface area contributed by atoms with Crippen molar-refractivity contribution in [2.45, 2.75) is 58.9 Å². The van der Waals surface area contributed by atoms with Crippen LogP contribution in [0, 0.1) is 12.8 Å². The Labute approximate surface area is 197 Å². The van der Waals surface area contributed by atoms with Gasteiger partial charge in [0.15, 0.2) is 0 Å². The fourth-order valence-corrected chi connectivity index (χ4v) is 4.16. The van der Waals surface area contributed by atoms with E-state index in [4.69, 9.17) is 9.15 Å². The number of allylic oxidation sites excluding steroid dienone is 2. The van der Waals surface area contributed by atoms with E-state index in [0.29, 0.717) is 30.6 Å². The molecule has 3 rings (SSSR count). The molecule has 1 atom stereocenters. The molecule has 0 aliphatic carbocycles. The van der Waals surface area contributed by atoms with Gasteiger partial charge in [-0.2, -0.15) is 0 Å². The van der Waals surface area contributed by atoms with Gasteiger partial charge in [0.25, 0.3) is 0 Å². The number of benzene rings is 1. The fraction of sp³-hybridized carbons (Fsp3) is 0.481. The van der Waals surface area contributed by atoms with Gasteiger partial charge in [-0.3, -0.25) is 9.69 Å². The molecular formula is C27H36N2O4. The molecule has 1 aromatic carbocycles. The number of carboxylic acid groups (broad SMARTS) is 1. The summed E-state index contributed by atoms with van der Waals surface area (Å²) in [6.07, 6.45) is 10.1. The van der Waals surface area contributed by atoms with Crippen LogP contribution in [0.25, 0.3) is 6.08 Å². The Morgan fingerprint density at radius 1 is 1.42 bits per heavy atom. The molecule has 1 N–H and O–H groups in total. The molecule has 0 radical (unpaired) electrons. The normalized spacial score (nSPS) is 16.3. The molecule has 178 valence electrons. The van der Waals surface area contributed by atoms with E-state index < -0.39 is 12.0 Å². The van der Waals surface area contributed by atoms with E-state index in [1.807, 2.05) is 42.2 Å². The number of aryl methyl sites for hydroxylation is 1. The van der Waals surface area contributed by atoms with Gasteiger partial charge in [0.1, 0.15) is 17.6 Å². The highest BCUT2D eigenvalue weighted by atomic mass is 16.5. The van der Waals surface area contributed by atoms with Crippen molar-refractivity contribution < 1.29 is 19.1 Å². The first-order chi connectivity index (χ1) is 15.9. The van der Waals surface area contributed by atoms with Crippen LogP contribution in [-0.4, -0.2) is 40.7 Å². The Bertz CT molecular complexity index is 976. The maximum atomic E-state index is 12.1. The Morgan fingerprint density at radius 2 is 2.24 bits per heavy atom. The second-order valence-electron chi connectivity index (χ2n) is 9.00. The lowest BCUT2D eigenvalue weighted by Crippen LogP contribution is -2.40. The van der Waals surface area contributed by atoms with Crippen molar-refractivity contribution in [3.63, 3.8) is 0 Å². The van der Waals surface area contributed by atoms with E-state index >= 15 is 0 Å². The largest absolute Gasteiger partial charge is 0.493 e. The Kier molecular flexibility index (Phi) is 8.89.